The van der Waals surface area contributed by atoms with E-state index >= 15 is 0 Å². The number of thiocarbonyl (C=S) groups is 1. The summed E-state index contributed by atoms with van der Waals surface area (Å²) < 4.78 is 10.9. The molecule has 1 aliphatic heterocycles. The van der Waals surface area contributed by atoms with E-state index in [0.717, 1.165) is 50.7 Å². The van der Waals surface area contributed by atoms with E-state index in [1.807, 2.05) is 30.3 Å². The lowest BCUT2D eigenvalue weighted by Crippen LogP contribution is -2.44. The highest BCUT2D eigenvalue weighted by Crippen LogP contribution is 2.22. The number of nitrogens with one attached hydrogen (secondary N) is 2. The summed E-state index contributed by atoms with van der Waals surface area (Å²) in [5.41, 5.74) is 1.12. The summed E-state index contributed by atoms with van der Waals surface area (Å²) in [7, 11) is 0. The van der Waals surface area contributed by atoms with Gasteiger partial charge < -0.3 is 19.8 Å². The molecule has 24 heavy (non-hydrogen) atoms. The van der Waals surface area contributed by atoms with E-state index in [1.54, 1.807) is 6.26 Å². The van der Waals surface area contributed by atoms with Gasteiger partial charge in [-0.2, -0.15) is 0 Å². The molecule has 2 aromatic rings. The van der Waals surface area contributed by atoms with Crippen molar-refractivity contribution in [3.63, 3.8) is 0 Å². The number of hydrogen-bond acceptors (Lipinski definition) is 4. The predicted octanol–water partition coefficient (Wildman–Crippen LogP) is 2.17. The molecule has 6 heteroatoms. The predicted molar refractivity (Wildman–Crippen MR) is 98.0 cm³/mol. The molecule has 0 amide bonds. The zero-order chi connectivity index (χ0) is 16.6. The lowest BCUT2D eigenvalue weighted by molar-refractivity contribution is 0.0389. The van der Waals surface area contributed by atoms with Gasteiger partial charge in [0.1, 0.15) is 11.8 Å². The quantitative estimate of drug-likeness (QED) is 0.783. The normalized spacial score (nSPS) is 16.5. The van der Waals surface area contributed by atoms with Crippen LogP contribution in [0.15, 0.2) is 53.1 Å². The summed E-state index contributed by atoms with van der Waals surface area (Å²) in [6.07, 6.45) is 1.68. The van der Waals surface area contributed by atoms with Crippen LogP contribution in [0.2, 0.25) is 0 Å². The molecule has 1 aromatic carbocycles. The Hall–Kier alpha value is -1.89. The first kappa shape index (κ1) is 17.0. The average Bonchev–Trinajstić information content (AvgIpc) is 3.16. The Morgan fingerprint density at radius 2 is 1.92 bits per heavy atom. The smallest absolute Gasteiger partial charge is 0.167 e. The minimum Gasteiger partial charge on any atom is -0.467 e. The third-order valence-electron chi connectivity index (χ3n) is 4.05. The Morgan fingerprint density at radius 3 is 2.62 bits per heavy atom. The molecule has 0 bridgehead atoms. The van der Waals surface area contributed by atoms with Crippen LogP contribution in [0.5, 0.6) is 0 Å². The first-order valence-electron chi connectivity index (χ1n) is 8.26. The molecular weight excluding hydrogens is 322 g/mol. The summed E-state index contributed by atoms with van der Waals surface area (Å²) in [5, 5.41) is 7.28. The molecule has 1 atom stereocenters. The molecule has 1 aromatic heterocycles. The molecule has 5 nitrogen and oxygen atoms in total. The van der Waals surface area contributed by atoms with Gasteiger partial charge in [0, 0.05) is 26.2 Å². The number of furan rings is 1. The van der Waals surface area contributed by atoms with Gasteiger partial charge in [0.05, 0.1) is 19.5 Å². The van der Waals surface area contributed by atoms with E-state index in [-0.39, 0.29) is 6.04 Å². The molecule has 3 rings (SSSR count). The standard InChI is InChI=1S/C18H23N3O2S/c24-18(19-8-9-21-10-13-22-14-11-21)20-17(16-7-4-12-23-16)15-5-2-1-3-6-15/h1-7,12,17H,8-11,13-14H2,(H2,19,20,24)/t17-/m0/s1. The third-order valence-corrected chi connectivity index (χ3v) is 4.32. The Morgan fingerprint density at radius 1 is 1.12 bits per heavy atom. The van der Waals surface area contributed by atoms with Crippen LogP contribution in [0.1, 0.15) is 17.4 Å². The fraction of sp³-hybridized carbons (Fsp3) is 0.389. The summed E-state index contributed by atoms with van der Waals surface area (Å²) in [5.74, 6) is 0.846. The topological polar surface area (TPSA) is 49.7 Å². The Labute approximate surface area is 148 Å². The molecule has 0 saturated carbocycles. The van der Waals surface area contributed by atoms with Crippen molar-refractivity contribution in [1.29, 1.82) is 0 Å². The van der Waals surface area contributed by atoms with Crippen LogP contribution < -0.4 is 10.6 Å². The number of ether oxygens (including phenoxy) is 1. The number of benzene rings is 1. The van der Waals surface area contributed by atoms with Crippen molar-refractivity contribution in [1.82, 2.24) is 15.5 Å². The van der Waals surface area contributed by atoms with Gasteiger partial charge in [0.25, 0.3) is 0 Å². The molecule has 1 aliphatic rings. The molecule has 0 unspecified atom stereocenters. The average molecular weight is 345 g/mol. The highest BCUT2D eigenvalue weighted by molar-refractivity contribution is 7.80. The van der Waals surface area contributed by atoms with Crippen molar-refractivity contribution in [2.45, 2.75) is 6.04 Å². The number of rotatable bonds is 6. The molecule has 1 fully saturated rings. The molecule has 0 radical (unpaired) electrons. The minimum absolute atomic E-state index is 0.0930. The number of nitrogens with zero attached hydrogens (tertiary/aromatic N) is 1. The monoisotopic (exact) mass is 345 g/mol. The van der Waals surface area contributed by atoms with Crippen LogP contribution in [0.3, 0.4) is 0 Å². The SMILES string of the molecule is S=C(NCCN1CCOCC1)N[C@@H](c1ccccc1)c1ccco1. The van der Waals surface area contributed by atoms with Crippen molar-refractivity contribution in [3.8, 4) is 0 Å². The maximum absolute atomic E-state index is 5.58. The second-order valence-electron chi connectivity index (χ2n) is 5.71. The largest absolute Gasteiger partial charge is 0.467 e. The second-order valence-corrected chi connectivity index (χ2v) is 6.12. The van der Waals surface area contributed by atoms with Gasteiger partial charge in [-0.25, -0.2) is 0 Å². The van der Waals surface area contributed by atoms with Gasteiger partial charge in [0.15, 0.2) is 5.11 Å². The zero-order valence-electron chi connectivity index (χ0n) is 13.6. The number of morpholine rings is 1. The van der Waals surface area contributed by atoms with Crippen molar-refractivity contribution >= 4 is 17.3 Å². The van der Waals surface area contributed by atoms with Crippen LogP contribution in [0, 0.1) is 0 Å². The fourth-order valence-corrected chi connectivity index (χ4v) is 2.97. The molecule has 128 valence electrons. The second kappa shape index (κ2) is 8.82. The van der Waals surface area contributed by atoms with Crippen molar-refractivity contribution in [2.75, 3.05) is 39.4 Å². The van der Waals surface area contributed by atoms with Crippen LogP contribution >= 0.6 is 12.2 Å². The molecular formula is C18H23N3O2S. The highest BCUT2D eigenvalue weighted by Gasteiger charge is 2.17. The van der Waals surface area contributed by atoms with E-state index < -0.39 is 0 Å². The molecule has 2 N–H and O–H groups in total. The van der Waals surface area contributed by atoms with E-state index in [1.165, 1.54) is 0 Å². The molecule has 2 heterocycles. The zero-order valence-corrected chi connectivity index (χ0v) is 14.4. The van der Waals surface area contributed by atoms with Crippen LogP contribution in [0.4, 0.5) is 0 Å². The maximum atomic E-state index is 5.58. The lowest BCUT2D eigenvalue weighted by Gasteiger charge is -2.27. The molecule has 0 spiro atoms. The maximum Gasteiger partial charge on any atom is 0.167 e. The Kier molecular flexibility index (Phi) is 6.23. The van der Waals surface area contributed by atoms with Crippen LogP contribution in [-0.2, 0) is 4.74 Å². The van der Waals surface area contributed by atoms with Gasteiger partial charge in [0.2, 0.25) is 0 Å². The van der Waals surface area contributed by atoms with Gasteiger partial charge in [-0.05, 0) is 29.9 Å². The first-order chi connectivity index (χ1) is 11.8. The minimum atomic E-state index is -0.0930. The molecule has 0 aliphatic carbocycles. The summed E-state index contributed by atoms with van der Waals surface area (Å²) in [4.78, 5) is 2.38. The summed E-state index contributed by atoms with van der Waals surface area (Å²) in [6.45, 7) is 5.38. The Balaban J connectivity index is 1.53. The van der Waals surface area contributed by atoms with E-state index in [0.29, 0.717) is 5.11 Å². The van der Waals surface area contributed by atoms with Crippen LogP contribution in [-0.4, -0.2) is 49.4 Å². The van der Waals surface area contributed by atoms with Gasteiger partial charge in [-0.15, -0.1) is 0 Å². The third kappa shape index (κ3) is 4.80. The van der Waals surface area contributed by atoms with E-state index in [2.05, 4.69) is 27.7 Å². The van der Waals surface area contributed by atoms with Crippen molar-refractivity contribution in [2.24, 2.45) is 0 Å². The van der Waals surface area contributed by atoms with E-state index in [9.17, 15) is 0 Å². The summed E-state index contributed by atoms with van der Waals surface area (Å²) in [6, 6.07) is 13.9. The number of hydrogen-bond donors (Lipinski definition) is 2. The fourth-order valence-electron chi connectivity index (χ4n) is 2.75. The van der Waals surface area contributed by atoms with Crippen molar-refractivity contribution in [3.05, 3.63) is 60.1 Å². The van der Waals surface area contributed by atoms with Gasteiger partial charge >= 0.3 is 0 Å². The Bertz CT molecular complexity index is 612. The first-order valence-corrected chi connectivity index (χ1v) is 8.66. The lowest BCUT2D eigenvalue weighted by atomic mass is 10.1. The van der Waals surface area contributed by atoms with Crippen LogP contribution in [0.25, 0.3) is 0 Å². The molecule has 1 saturated heterocycles. The van der Waals surface area contributed by atoms with Crippen molar-refractivity contribution < 1.29 is 9.15 Å². The highest BCUT2D eigenvalue weighted by atomic mass is 32.1. The summed E-state index contributed by atoms with van der Waals surface area (Å²) >= 11 is 5.46. The van der Waals surface area contributed by atoms with Gasteiger partial charge in [-0.3, -0.25) is 4.90 Å². The van der Waals surface area contributed by atoms with E-state index in [4.69, 9.17) is 21.4 Å². The van der Waals surface area contributed by atoms with Gasteiger partial charge in [-0.1, -0.05) is 30.3 Å².